The van der Waals surface area contributed by atoms with Crippen LogP contribution in [0.15, 0.2) is 18.2 Å². The zero-order valence-corrected chi connectivity index (χ0v) is 11.5. The summed E-state index contributed by atoms with van der Waals surface area (Å²) in [5, 5.41) is 9.97. The van der Waals surface area contributed by atoms with E-state index in [1.165, 1.54) is 12.0 Å². The molecule has 0 bridgehead atoms. The molecule has 0 heterocycles. The molecule has 0 aliphatic heterocycles. The number of rotatable bonds is 5. The van der Waals surface area contributed by atoms with Gasteiger partial charge in [-0.25, -0.2) is 0 Å². The van der Waals surface area contributed by atoms with Gasteiger partial charge in [0.1, 0.15) is 5.75 Å². The molecule has 100 valence electrons. The lowest BCUT2D eigenvalue weighted by Gasteiger charge is -2.23. The van der Waals surface area contributed by atoms with Gasteiger partial charge < -0.3 is 9.84 Å². The molecule has 1 atom stereocenters. The Labute approximate surface area is 110 Å². The first-order valence-corrected chi connectivity index (χ1v) is 7.11. The van der Waals surface area contributed by atoms with Crippen molar-refractivity contribution in [1.29, 1.82) is 0 Å². The molecule has 0 aromatic heterocycles. The molecule has 0 saturated heterocycles. The molecule has 2 rings (SSSR count). The minimum Gasteiger partial charge on any atom is -0.493 e. The van der Waals surface area contributed by atoms with Crippen molar-refractivity contribution in [3.63, 3.8) is 0 Å². The van der Waals surface area contributed by atoms with Crippen LogP contribution in [0.3, 0.4) is 0 Å². The quantitative estimate of drug-likeness (QED) is 0.801. The smallest absolute Gasteiger partial charge is 0.122 e. The van der Waals surface area contributed by atoms with Gasteiger partial charge in [0.25, 0.3) is 0 Å². The van der Waals surface area contributed by atoms with Crippen LogP contribution in [0.5, 0.6) is 5.75 Å². The normalized spacial score (nSPS) is 18.8. The van der Waals surface area contributed by atoms with Crippen molar-refractivity contribution < 1.29 is 9.84 Å². The molecular formula is C16H24O2. The van der Waals surface area contributed by atoms with E-state index in [-0.39, 0.29) is 6.10 Å². The second-order valence-electron chi connectivity index (χ2n) is 5.62. The first-order chi connectivity index (χ1) is 8.68. The third kappa shape index (κ3) is 3.26. The van der Waals surface area contributed by atoms with Gasteiger partial charge in [-0.1, -0.05) is 26.0 Å². The number of aliphatic hydroxyl groups excluding tert-OH is 1. The van der Waals surface area contributed by atoms with Gasteiger partial charge in [-0.2, -0.15) is 0 Å². The Morgan fingerprint density at radius 1 is 1.39 bits per heavy atom. The number of benzene rings is 1. The Bertz CT molecular complexity index is 385. The van der Waals surface area contributed by atoms with E-state index in [0.717, 1.165) is 49.5 Å². The van der Waals surface area contributed by atoms with E-state index < -0.39 is 0 Å². The maximum atomic E-state index is 9.97. The zero-order chi connectivity index (χ0) is 13.0. The Morgan fingerprint density at radius 2 is 2.22 bits per heavy atom. The van der Waals surface area contributed by atoms with Crippen LogP contribution in [-0.4, -0.2) is 11.7 Å². The maximum Gasteiger partial charge on any atom is 0.122 e. The molecule has 0 fully saturated rings. The molecule has 1 unspecified atom stereocenters. The highest BCUT2D eigenvalue weighted by atomic mass is 16.5. The lowest BCUT2D eigenvalue weighted by molar-refractivity contribution is 0.155. The first-order valence-electron chi connectivity index (χ1n) is 7.11. The van der Waals surface area contributed by atoms with Gasteiger partial charge in [0, 0.05) is 0 Å². The first kappa shape index (κ1) is 13.4. The van der Waals surface area contributed by atoms with E-state index in [4.69, 9.17) is 4.74 Å². The number of hydrogen-bond donors (Lipinski definition) is 1. The van der Waals surface area contributed by atoms with Crippen LogP contribution in [0.1, 0.15) is 56.8 Å². The summed E-state index contributed by atoms with van der Waals surface area (Å²) in [5.41, 5.74) is 2.29. The molecule has 1 aliphatic rings. The molecule has 2 heteroatoms. The van der Waals surface area contributed by atoms with Gasteiger partial charge in [-0.15, -0.1) is 0 Å². The average Bonchev–Trinajstić information content (AvgIpc) is 2.35. The molecule has 1 N–H and O–H groups in total. The Morgan fingerprint density at radius 3 is 3.00 bits per heavy atom. The van der Waals surface area contributed by atoms with Gasteiger partial charge in [0.05, 0.1) is 12.7 Å². The molecule has 1 aromatic carbocycles. The second kappa shape index (κ2) is 6.24. The van der Waals surface area contributed by atoms with Crippen molar-refractivity contribution >= 4 is 0 Å². The van der Waals surface area contributed by atoms with Gasteiger partial charge in [-0.3, -0.25) is 0 Å². The molecule has 2 nitrogen and oxygen atoms in total. The minimum atomic E-state index is -0.298. The Balaban J connectivity index is 1.98. The molecule has 0 saturated carbocycles. The SMILES string of the molecule is CC(C)CCCOc1cccc2c1CCCC2O. The lowest BCUT2D eigenvalue weighted by atomic mass is 9.89. The molecule has 0 radical (unpaired) electrons. The van der Waals surface area contributed by atoms with Crippen LogP contribution in [0.4, 0.5) is 0 Å². The summed E-state index contributed by atoms with van der Waals surface area (Å²) >= 11 is 0. The summed E-state index contributed by atoms with van der Waals surface area (Å²) < 4.78 is 5.89. The molecule has 0 amide bonds. The zero-order valence-electron chi connectivity index (χ0n) is 11.5. The van der Waals surface area contributed by atoms with E-state index in [2.05, 4.69) is 13.8 Å². The van der Waals surface area contributed by atoms with Crippen LogP contribution in [0.25, 0.3) is 0 Å². The second-order valence-corrected chi connectivity index (χ2v) is 5.62. The lowest BCUT2D eigenvalue weighted by Crippen LogP contribution is -2.11. The van der Waals surface area contributed by atoms with Crippen molar-refractivity contribution in [3.05, 3.63) is 29.3 Å². The standard InChI is InChI=1S/C16H24O2/c1-12(2)6-5-11-18-16-10-4-7-13-14(16)8-3-9-15(13)17/h4,7,10,12,15,17H,3,5-6,8-9,11H2,1-2H3. The minimum absolute atomic E-state index is 0.298. The number of fused-ring (bicyclic) bond motifs is 1. The summed E-state index contributed by atoms with van der Waals surface area (Å²) in [7, 11) is 0. The predicted octanol–water partition coefficient (Wildman–Crippen LogP) is 3.87. The summed E-state index contributed by atoms with van der Waals surface area (Å²) in [6.07, 6.45) is 4.98. The number of hydrogen-bond acceptors (Lipinski definition) is 2. The molecule has 18 heavy (non-hydrogen) atoms. The topological polar surface area (TPSA) is 29.5 Å². The van der Waals surface area contributed by atoms with Crippen LogP contribution >= 0.6 is 0 Å². The molecule has 0 spiro atoms. The van der Waals surface area contributed by atoms with Crippen molar-refractivity contribution in [2.45, 2.75) is 52.1 Å². The van der Waals surface area contributed by atoms with Gasteiger partial charge in [0.2, 0.25) is 0 Å². The summed E-state index contributed by atoms with van der Waals surface area (Å²) in [4.78, 5) is 0. The van der Waals surface area contributed by atoms with Gasteiger partial charge in [0.15, 0.2) is 0 Å². The summed E-state index contributed by atoms with van der Waals surface area (Å²) in [5.74, 6) is 1.72. The van der Waals surface area contributed by atoms with E-state index >= 15 is 0 Å². The fraction of sp³-hybridized carbons (Fsp3) is 0.625. The predicted molar refractivity (Wildman–Crippen MR) is 73.9 cm³/mol. The summed E-state index contributed by atoms with van der Waals surface area (Å²) in [6.45, 7) is 5.26. The largest absolute Gasteiger partial charge is 0.493 e. The fourth-order valence-electron chi connectivity index (χ4n) is 2.60. The molecule has 1 aromatic rings. The monoisotopic (exact) mass is 248 g/mol. The van der Waals surface area contributed by atoms with E-state index in [1.807, 2.05) is 18.2 Å². The van der Waals surface area contributed by atoms with Crippen molar-refractivity contribution in [2.24, 2.45) is 5.92 Å². The van der Waals surface area contributed by atoms with E-state index in [9.17, 15) is 5.11 Å². The van der Waals surface area contributed by atoms with Crippen molar-refractivity contribution in [2.75, 3.05) is 6.61 Å². The fourth-order valence-corrected chi connectivity index (χ4v) is 2.60. The van der Waals surface area contributed by atoms with E-state index in [0.29, 0.717) is 0 Å². The Hall–Kier alpha value is -1.02. The Kier molecular flexibility index (Phi) is 4.65. The maximum absolute atomic E-state index is 9.97. The molecular weight excluding hydrogens is 224 g/mol. The molecule has 1 aliphatic carbocycles. The summed E-state index contributed by atoms with van der Waals surface area (Å²) in [6, 6.07) is 6.05. The highest BCUT2D eigenvalue weighted by Gasteiger charge is 2.20. The highest BCUT2D eigenvalue weighted by Crippen LogP contribution is 2.35. The van der Waals surface area contributed by atoms with Gasteiger partial charge in [-0.05, 0) is 55.2 Å². The van der Waals surface area contributed by atoms with Crippen molar-refractivity contribution in [3.8, 4) is 5.75 Å². The highest BCUT2D eigenvalue weighted by molar-refractivity contribution is 5.42. The third-order valence-corrected chi connectivity index (χ3v) is 3.62. The number of aliphatic hydroxyl groups is 1. The van der Waals surface area contributed by atoms with Gasteiger partial charge >= 0.3 is 0 Å². The average molecular weight is 248 g/mol. The van der Waals surface area contributed by atoms with Crippen LogP contribution in [0.2, 0.25) is 0 Å². The van der Waals surface area contributed by atoms with Crippen LogP contribution in [0, 0.1) is 5.92 Å². The third-order valence-electron chi connectivity index (χ3n) is 3.62. The van der Waals surface area contributed by atoms with Crippen LogP contribution in [-0.2, 0) is 6.42 Å². The number of ether oxygens (including phenoxy) is 1. The van der Waals surface area contributed by atoms with Crippen molar-refractivity contribution in [1.82, 2.24) is 0 Å². The van der Waals surface area contributed by atoms with Crippen LogP contribution < -0.4 is 4.74 Å². The van der Waals surface area contributed by atoms with E-state index in [1.54, 1.807) is 0 Å².